The third kappa shape index (κ3) is 1.55. The number of hydrogen-bond acceptors (Lipinski definition) is 4. The van der Waals surface area contributed by atoms with Gasteiger partial charge in [0.2, 0.25) is 0 Å². The van der Waals surface area contributed by atoms with E-state index in [-0.39, 0.29) is 23.6 Å². The van der Waals surface area contributed by atoms with Gasteiger partial charge in [-0.2, -0.15) is 0 Å². The van der Waals surface area contributed by atoms with Crippen molar-refractivity contribution in [3.63, 3.8) is 0 Å². The molecule has 2 aromatic carbocycles. The molecule has 0 amide bonds. The van der Waals surface area contributed by atoms with Crippen LogP contribution in [0, 0.1) is 0 Å². The van der Waals surface area contributed by atoms with Crippen LogP contribution in [-0.2, 0) is 0 Å². The zero-order chi connectivity index (χ0) is 15.3. The summed E-state index contributed by atoms with van der Waals surface area (Å²) in [6, 6.07) is 14.2. The van der Waals surface area contributed by atoms with Crippen LogP contribution in [0.1, 0.15) is 38.3 Å². The molecule has 0 aromatic heterocycles. The van der Waals surface area contributed by atoms with Crippen molar-refractivity contribution < 1.29 is 14.8 Å². The van der Waals surface area contributed by atoms with Gasteiger partial charge in [-0.25, -0.2) is 0 Å². The average Bonchev–Trinajstić information content (AvgIpc) is 3.04. The van der Waals surface area contributed by atoms with E-state index in [9.17, 15) is 14.8 Å². The molecule has 0 heterocycles. The van der Waals surface area contributed by atoms with Gasteiger partial charge < -0.3 is 5.21 Å². The van der Waals surface area contributed by atoms with Crippen LogP contribution < -0.4 is 0 Å². The minimum absolute atomic E-state index is 0.201. The van der Waals surface area contributed by atoms with Crippen molar-refractivity contribution in [2.75, 3.05) is 0 Å². The quantitative estimate of drug-likeness (QED) is 0.351. The van der Waals surface area contributed by atoms with Crippen LogP contribution in [0.5, 0.6) is 0 Å². The molecule has 2 aliphatic carbocycles. The van der Waals surface area contributed by atoms with Crippen molar-refractivity contribution >= 4 is 22.9 Å². The summed E-state index contributed by atoms with van der Waals surface area (Å²) in [5, 5.41) is 12.5. The van der Waals surface area contributed by atoms with E-state index in [1.807, 2.05) is 24.3 Å². The van der Waals surface area contributed by atoms with Crippen LogP contribution in [0.4, 0.5) is 0 Å². The average molecular weight is 289 g/mol. The summed E-state index contributed by atoms with van der Waals surface area (Å²) in [5.41, 5.74) is 3.78. The SMILES string of the molecule is O=C1C(=C2C/C(=N\O)c3ccccc32)C(=O)c2ccccc21. The molecule has 1 N–H and O–H groups in total. The number of carbonyl (C=O) groups excluding carboxylic acids is 2. The third-order valence-electron chi connectivity index (χ3n) is 4.20. The summed E-state index contributed by atoms with van der Waals surface area (Å²) >= 11 is 0. The summed E-state index contributed by atoms with van der Waals surface area (Å²) in [7, 11) is 0. The van der Waals surface area contributed by atoms with Crippen LogP contribution in [0.2, 0.25) is 0 Å². The lowest BCUT2D eigenvalue weighted by Gasteiger charge is -2.03. The van der Waals surface area contributed by atoms with Gasteiger partial charge in [0.05, 0.1) is 11.3 Å². The zero-order valence-electron chi connectivity index (χ0n) is 11.5. The van der Waals surface area contributed by atoms with E-state index in [2.05, 4.69) is 5.16 Å². The van der Waals surface area contributed by atoms with E-state index in [0.717, 1.165) is 11.1 Å². The predicted molar refractivity (Wildman–Crippen MR) is 81.4 cm³/mol. The highest BCUT2D eigenvalue weighted by molar-refractivity contribution is 6.43. The Bertz CT molecular complexity index is 869. The molecule has 0 radical (unpaired) electrons. The van der Waals surface area contributed by atoms with Crippen molar-refractivity contribution in [2.24, 2.45) is 5.16 Å². The molecule has 2 aliphatic rings. The van der Waals surface area contributed by atoms with Crippen LogP contribution in [0.3, 0.4) is 0 Å². The zero-order valence-corrected chi connectivity index (χ0v) is 11.5. The Balaban J connectivity index is 1.99. The maximum absolute atomic E-state index is 12.6. The molecule has 106 valence electrons. The molecular weight excluding hydrogens is 278 g/mol. The van der Waals surface area contributed by atoms with Crippen LogP contribution >= 0.6 is 0 Å². The maximum atomic E-state index is 12.6. The standard InChI is InChI=1S/C18H11NO3/c20-17-12-7-3-4-8-13(12)18(21)16(17)14-9-15(19-22)11-6-2-1-5-10(11)14/h1-8,22H,9H2/b19-15+. The highest BCUT2D eigenvalue weighted by atomic mass is 16.4. The smallest absolute Gasteiger partial charge is 0.198 e. The molecule has 0 unspecified atom stereocenters. The number of allylic oxidation sites excluding steroid dienone is 2. The van der Waals surface area contributed by atoms with E-state index in [0.29, 0.717) is 22.4 Å². The fraction of sp³-hybridized carbons (Fsp3) is 0.0556. The Labute approximate surface area is 126 Å². The predicted octanol–water partition coefficient (Wildman–Crippen LogP) is 3.10. The molecule has 22 heavy (non-hydrogen) atoms. The van der Waals surface area contributed by atoms with E-state index in [1.54, 1.807) is 24.3 Å². The Morgan fingerprint density at radius 3 is 1.82 bits per heavy atom. The molecular formula is C18H11NO3. The number of oxime groups is 1. The van der Waals surface area contributed by atoms with Gasteiger partial charge in [0.15, 0.2) is 11.6 Å². The van der Waals surface area contributed by atoms with Gasteiger partial charge in [-0.3, -0.25) is 9.59 Å². The van der Waals surface area contributed by atoms with Gasteiger partial charge in [0.25, 0.3) is 0 Å². The monoisotopic (exact) mass is 289 g/mol. The molecule has 0 fully saturated rings. The second kappa shape index (κ2) is 4.49. The molecule has 0 saturated heterocycles. The summed E-state index contributed by atoms with van der Waals surface area (Å²) in [4.78, 5) is 25.2. The number of nitrogens with zero attached hydrogens (tertiary/aromatic N) is 1. The van der Waals surface area contributed by atoms with E-state index < -0.39 is 0 Å². The summed E-state index contributed by atoms with van der Waals surface area (Å²) in [5.74, 6) is -0.491. The molecule has 0 aliphatic heterocycles. The second-order valence-corrected chi connectivity index (χ2v) is 5.33. The number of Topliss-reactive ketones (excluding diaryl/α,β-unsaturated/α-hetero) is 2. The first-order valence-electron chi connectivity index (χ1n) is 6.94. The number of rotatable bonds is 0. The van der Waals surface area contributed by atoms with Crippen molar-refractivity contribution in [1.82, 2.24) is 0 Å². The molecule has 4 rings (SSSR count). The number of hydrogen-bond donors (Lipinski definition) is 1. The van der Waals surface area contributed by atoms with E-state index in [1.165, 1.54) is 0 Å². The lowest BCUT2D eigenvalue weighted by Crippen LogP contribution is -2.04. The molecule has 0 atom stereocenters. The Morgan fingerprint density at radius 2 is 1.27 bits per heavy atom. The lowest BCUT2D eigenvalue weighted by molar-refractivity contribution is 0.0989. The molecule has 0 saturated carbocycles. The molecule has 4 heteroatoms. The van der Waals surface area contributed by atoms with Crippen molar-refractivity contribution in [1.29, 1.82) is 0 Å². The van der Waals surface area contributed by atoms with Gasteiger partial charge in [0.1, 0.15) is 0 Å². The Morgan fingerprint density at radius 1 is 0.773 bits per heavy atom. The Hall–Kier alpha value is -3.01. The first-order chi connectivity index (χ1) is 10.7. The first kappa shape index (κ1) is 12.7. The number of ketones is 2. The fourth-order valence-electron chi connectivity index (χ4n) is 3.19. The highest BCUT2D eigenvalue weighted by Gasteiger charge is 2.38. The summed E-state index contributed by atoms with van der Waals surface area (Å²) < 4.78 is 0. The minimum Gasteiger partial charge on any atom is -0.411 e. The third-order valence-corrected chi connectivity index (χ3v) is 4.20. The fourth-order valence-corrected chi connectivity index (χ4v) is 3.19. The Kier molecular flexibility index (Phi) is 2.60. The molecule has 4 nitrogen and oxygen atoms in total. The van der Waals surface area contributed by atoms with Crippen molar-refractivity contribution in [3.05, 3.63) is 76.4 Å². The van der Waals surface area contributed by atoms with Gasteiger partial charge >= 0.3 is 0 Å². The van der Waals surface area contributed by atoms with Crippen LogP contribution in [-0.4, -0.2) is 22.5 Å². The summed E-state index contributed by atoms with van der Waals surface area (Å²) in [6.07, 6.45) is 0.288. The second-order valence-electron chi connectivity index (χ2n) is 5.33. The number of fused-ring (bicyclic) bond motifs is 2. The van der Waals surface area contributed by atoms with Gasteiger partial charge in [-0.15, -0.1) is 0 Å². The largest absolute Gasteiger partial charge is 0.411 e. The van der Waals surface area contributed by atoms with Crippen LogP contribution in [0.15, 0.2) is 59.3 Å². The number of carbonyl (C=O) groups is 2. The molecule has 2 aromatic rings. The molecule has 0 bridgehead atoms. The maximum Gasteiger partial charge on any atom is 0.198 e. The van der Waals surface area contributed by atoms with Crippen LogP contribution in [0.25, 0.3) is 5.57 Å². The summed E-state index contributed by atoms with van der Waals surface area (Å²) in [6.45, 7) is 0. The van der Waals surface area contributed by atoms with Gasteiger partial charge in [-0.1, -0.05) is 53.7 Å². The van der Waals surface area contributed by atoms with Crippen molar-refractivity contribution in [3.8, 4) is 0 Å². The van der Waals surface area contributed by atoms with E-state index >= 15 is 0 Å². The van der Waals surface area contributed by atoms with Crippen molar-refractivity contribution in [2.45, 2.75) is 6.42 Å². The normalized spacial score (nSPS) is 18.1. The lowest BCUT2D eigenvalue weighted by atomic mass is 9.98. The van der Waals surface area contributed by atoms with E-state index in [4.69, 9.17) is 0 Å². The number of benzene rings is 2. The van der Waals surface area contributed by atoms with Gasteiger partial charge in [-0.05, 0) is 11.1 Å². The minimum atomic E-state index is -0.246. The highest BCUT2D eigenvalue weighted by Crippen LogP contribution is 2.39. The first-order valence-corrected chi connectivity index (χ1v) is 6.94. The van der Waals surface area contributed by atoms with Gasteiger partial charge in [0, 0.05) is 23.1 Å². The topological polar surface area (TPSA) is 66.7 Å². The molecule has 0 spiro atoms.